The van der Waals surface area contributed by atoms with Gasteiger partial charge in [-0.1, -0.05) is 31.0 Å². The van der Waals surface area contributed by atoms with Crippen LogP contribution >= 0.6 is 12.4 Å². The monoisotopic (exact) mass is 391 g/mol. The van der Waals surface area contributed by atoms with Gasteiger partial charge in [0.15, 0.2) is 0 Å². The second-order valence-electron chi connectivity index (χ2n) is 7.20. The Morgan fingerprint density at radius 2 is 1.93 bits per heavy atom. The molecule has 0 bridgehead atoms. The highest BCUT2D eigenvalue weighted by Gasteiger charge is 2.35. The summed E-state index contributed by atoms with van der Waals surface area (Å²) in [6.45, 7) is 0. The molecule has 0 radical (unpaired) electrons. The Labute approximate surface area is 166 Å². The van der Waals surface area contributed by atoms with E-state index in [0.29, 0.717) is 0 Å². The average molecular weight is 392 g/mol. The van der Waals surface area contributed by atoms with Crippen LogP contribution in [-0.4, -0.2) is 35.9 Å². The molecular formula is C21H27ClFN3O. The molecule has 3 rings (SSSR count). The summed E-state index contributed by atoms with van der Waals surface area (Å²) in [5.41, 5.74) is 1.26. The molecule has 1 fully saturated rings. The number of aromatic nitrogens is 1. The van der Waals surface area contributed by atoms with Crippen LogP contribution in [0.25, 0.3) is 0 Å². The topological polar surface area (TPSA) is 45.2 Å². The lowest BCUT2D eigenvalue weighted by Crippen LogP contribution is -2.47. The molecule has 27 heavy (non-hydrogen) atoms. The lowest BCUT2D eigenvalue weighted by molar-refractivity contribution is 0.0841. The molecule has 4 nitrogen and oxygen atoms in total. The Morgan fingerprint density at radius 1 is 1.19 bits per heavy atom. The first-order valence-electron chi connectivity index (χ1n) is 9.19. The smallest absolute Gasteiger partial charge is 0.254 e. The van der Waals surface area contributed by atoms with Crippen LogP contribution in [-0.2, 0) is 0 Å². The molecule has 0 spiro atoms. The van der Waals surface area contributed by atoms with Crippen LogP contribution < -0.4 is 5.32 Å². The Morgan fingerprint density at radius 3 is 2.59 bits per heavy atom. The maximum Gasteiger partial charge on any atom is 0.254 e. The van der Waals surface area contributed by atoms with Crippen molar-refractivity contribution in [2.45, 2.75) is 37.8 Å². The molecule has 1 amide bonds. The Kier molecular flexibility index (Phi) is 7.75. The first-order chi connectivity index (χ1) is 12.6. The van der Waals surface area contributed by atoms with Gasteiger partial charge in [0.1, 0.15) is 5.82 Å². The SMILES string of the molecule is CN(C)C(c1cccnc1)C1CCCCC1NC(=O)c1ccccc1F.Cl. The van der Waals surface area contributed by atoms with Gasteiger partial charge in [-0.15, -0.1) is 12.4 Å². The van der Waals surface area contributed by atoms with E-state index in [9.17, 15) is 9.18 Å². The van der Waals surface area contributed by atoms with Crippen molar-refractivity contribution < 1.29 is 9.18 Å². The van der Waals surface area contributed by atoms with Crippen LogP contribution in [0.4, 0.5) is 4.39 Å². The summed E-state index contributed by atoms with van der Waals surface area (Å²) in [6.07, 6.45) is 7.83. The average Bonchev–Trinajstić information content (AvgIpc) is 2.64. The maximum absolute atomic E-state index is 14.0. The Hall–Kier alpha value is -1.98. The summed E-state index contributed by atoms with van der Waals surface area (Å²) in [7, 11) is 4.12. The van der Waals surface area contributed by atoms with Crippen molar-refractivity contribution in [3.63, 3.8) is 0 Å². The number of carbonyl (C=O) groups excluding carboxylic acids is 1. The van der Waals surface area contributed by atoms with Crippen molar-refractivity contribution in [1.82, 2.24) is 15.2 Å². The van der Waals surface area contributed by atoms with Crippen LogP contribution in [0, 0.1) is 11.7 Å². The minimum Gasteiger partial charge on any atom is -0.349 e. The van der Waals surface area contributed by atoms with Crippen LogP contribution in [0.1, 0.15) is 47.6 Å². The van der Waals surface area contributed by atoms with Crippen LogP contribution in [0.2, 0.25) is 0 Å². The maximum atomic E-state index is 14.0. The Balaban J connectivity index is 0.00000261. The van der Waals surface area contributed by atoms with E-state index in [0.717, 1.165) is 31.2 Å². The zero-order valence-electron chi connectivity index (χ0n) is 15.8. The molecule has 0 saturated heterocycles. The number of halogens is 2. The fraction of sp³-hybridized carbons (Fsp3) is 0.429. The minimum absolute atomic E-state index is 0. The normalized spacial score (nSPS) is 20.6. The summed E-state index contributed by atoms with van der Waals surface area (Å²) >= 11 is 0. The molecule has 3 atom stereocenters. The molecule has 1 aromatic heterocycles. The lowest BCUT2D eigenvalue weighted by atomic mass is 9.77. The third-order valence-corrected chi connectivity index (χ3v) is 5.24. The predicted octanol–water partition coefficient (Wildman–Crippen LogP) is 4.23. The minimum atomic E-state index is -0.478. The summed E-state index contributed by atoms with van der Waals surface area (Å²) < 4.78 is 14.0. The van der Waals surface area contributed by atoms with E-state index in [1.807, 2.05) is 12.3 Å². The van der Waals surface area contributed by atoms with Crippen molar-refractivity contribution >= 4 is 18.3 Å². The quantitative estimate of drug-likeness (QED) is 0.829. The number of pyridine rings is 1. The number of rotatable bonds is 5. The summed E-state index contributed by atoms with van der Waals surface area (Å²) in [5.74, 6) is -0.545. The molecule has 0 aliphatic heterocycles. The van der Waals surface area contributed by atoms with Gasteiger partial charge in [0, 0.05) is 24.5 Å². The van der Waals surface area contributed by atoms with Gasteiger partial charge in [0.05, 0.1) is 5.56 Å². The fourth-order valence-corrected chi connectivity index (χ4v) is 4.09. The zero-order valence-corrected chi connectivity index (χ0v) is 16.6. The van der Waals surface area contributed by atoms with Gasteiger partial charge in [0.25, 0.3) is 5.91 Å². The Bertz CT molecular complexity index is 741. The number of benzene rings is 1. The first-order valence-corrected chi connectivity index (χ1v) is 9.19. The number of nitrogens with one attached hydrogen (secondary N) is 1. The van der Waals surface area contributed by atoms with Gasteiger partial charge < -0.3 is 10.2 Å². The van der Waals surface area contributed by atoms with Crippen LogP contribution in [0.15, 0.2) is 48.8 Å². The molecule has 146 valence electrons. The largest absolute Gasteiger partial charge is 0.349 e. The third-order valence-electron chi connectivity index (χ3n) is 5.24. The van der Waals surface area contributed by atoms with Gasteiger partial charge in [-0.05, 0) is 56.6 Å². The highest BCUT2D eigenvalue weighted by atomic mass is 35.5. The van der Waals surface area contributed by atoms with E-state index in [-0.39, 0.29) is 41.9 Å². The van der Waals surface area contributed by atoms with E-state index >= 15 is 0 Å². The second kappa shape index (κ2) is 9.81. The standard InChI is InChI=1S/C21H26FN3O.ClH/c1-25(2)20(15-8-7-13-23-14-15)17-10-4-6-12-19(17)24-21(26)16-9-3-5-11-18(16)22;/h3,5,7-9,11,13-14,17,19-20H,4,6,10,12H2,1-2H3,(H,24,26);1H. The highest BCUT2D eigenvalue weighted by molar-refractivity contribution is 5.94. The zero-order chi connectivity index (χ0) is 18.5. The van der Waals surface area contributed by atoms with Crippen molar-refractivity contribution in [2.24, 2.45) is 5.92 Å². The van der Waals surface area contributed by atoms with Gasteiger partial charge in [-0.25, -0.2) is 4.39 Å². The number of carbonyl (C=O) groups is 1. The van der Waals surface area contributed by atoms with Gasteiger partial charge >= 0.3 is 0 Å². The predicted molar refractivity (Wildman–Crippen MR) is 108 cm³/mol. The lowest BCUT2D eigenvalue weighted by Gasteiger charge is -2.40. The van der Waals surface area contributed by atoms with Crippen molar-refractivity contribution in [3.8, 4) is 0 Å². The molecule has 6 heteroatoms. The second-order valence-corrected chi connectivity index (χ2v) is 7.20. The molecule has 1 aliphatic rings. The molecule has 1 aromatic carbocycles. The van der Waals surface area contributed by atoms with Crippen molar-refractivity contribution in [2.75, 3.05) is 14.1 Å². The molecule has 3 unspecified atom stereocenters. The van der Waals surface area contributed by atoms with Crippen molar-refractivity contribution in [1.29, 1.82) is 0 Å². The van der Waals surface area contributed by atoms with Crippen molar-refractivity contribution in [3.05, 3.63) is 65.7 Å². The fourth-order valence-electron chi connectivity index (χ4n) is 4.09. The summed E-state index contributed by atoms with van der Waals surface area (Å²) in [6, 6.07) is 10.4. The molecule has 1 saturated carbocycles. The molecule has 1 N–H and O–H groups in total. The van der Waals surface area contributed by atoms with Gasteiger partial charge in [-0.2, -0.15) is 0 Å². The third kappa shape index (κ3) is 5.05. The van der Waals surface area contributed by atoms with Gasteiger partial charge in [0.2, 0.25) is 0 Å². The highest BCUT2D eigenvalue weighted by Crippen LogP contribution is 2.37. The molecule has 1 aliphatic carbocycles. The number of hydrogen-bond donors (Lipinski definition) is 1. The first kappa shape index (κ1) is 21.3. The number of hydrogen-bond acceptors (Lipinski definition) is 3. The van der Waals surface area contributed by atoms with Crippen LogP contribution in [0.5, 0.6) is 0 Å². The van der Waals surface area contributed by atoms with E-state index in [1.54, 1.807) is 18.3 Å². The van der Waals surface area contributed by atoms with Crippen LogP contribution in [0.3, 0.4) is 0 Å². The van der Waals surface area contributed by atoms with E-state index in [2.05, 4.69) is 35.4 Å². The number of amides is 1. The summed E-state index contributed by atoms with van der Waals surface area (Å²) in [4.78, 5) is 19.1. The molecule has 1 heterocycles. The molecule has 2 aromatic rings. The van der Waals surface area contributed by atoms with Gasteiger partial charge in [-0.3, -0.25) is 9.78 Å². The summed E-state index contributed by atoms with van der Waals surface area (Å²) in [5, 5.41) is 3.11. The molecular weight excluding hydrogens is 365 g/mol. The number of nitrogens with zero attached hydrogens (tertiary/aromatic N) is 2. The van der Waals surface area contributed by atoms with E-state index in [1.165, 1.54) is 12.1 Å². The van der Waals surface area contributed by atoms with E-state index < -0.39 is 5.82 Å². The van der Waals surface area contributed by atoms with E-state index in [4.69, 9.17) is 0 Å².